The molecule has 9 nitrogen and oxygen atoms in total. The van der Waals surface area contributed by atoms with Gasteiger partial charge in [-0.3, -0.25) is 0 Å². The van der Waals surface area contributed by atoms with E-state index in [1.807, 2.05) is 29.0 Å². The standard InChI is InChI=1S/C15H25N7O2S2.HI/c1-3-14-21-19-12-22(14)9-8-17-15(16-6-7-20-26(2,23)24)18-11-13-5-4-10-25-13;/h4-5,10,12,20H,3,6-9,11H2,1-2H3,(H2,16,17,18);1H. The summed E-state index contributed by atoms with van der Waals surface area (Å²) >= 11 is 1.65. The molecule has 0 aliphatic heterocycles. The Hall–Kier alpha value is -1.25. The fourth-order valence-corrected chi connectivity index (χ4v) is 3.29. The van der Waals surface area contributed by atoms with Crippen LogP contribution in [0.1, 0.15) is 17.6 Å². The Morgan fingerprint density at radius 3 is 2.74 bits per heavy atom. The van der Waals surface area contributed by atoms with E-state index in [4.69, 9.17) is 0 Å². The molecular weight excluding hydrogens is 501 g/mol. The molecule has 2 rings (SSSR count). The molecule has 0 unspecified atom stereocenters. The number of sulfonamides is 1. The Bertz CT molecular complexity index is 791. The van der Waals surface area contributed by atoms with Gasteiger partial charge in [-0.15, -0.1) is 45.5 Å². The molecule has 3 N–H and O–H groups in total. The molecule has 0 spiro atoms. The predicted molar refractivity (Wildman–Crippen MR) is 119 cm³/mol. The van der Waals surface area contributed by atoms with Crippen molar-refractivity contribution in [2.75, 3.05) is 25.9 Å². The Balaban J connectivity index is 0.00000364. The second kappa shape index (κ2) is 12.3. The van der Waals surface area contributed by atoms with Gasteiger partial charge in [-0.25, -0.2) is 18.1 Å². The van der Waals surface area contributed by atoms with E-state index < -0.39 is 10.0 Å². The summed E-state index contributed by atoms with van der Waals surface area (Å²) in [4.78, 5) is 5.71. The molecule has 0 saturated heterocycles. The number of aryl methyl sites for hydroxylation is 1. The van der Waals surface area contributed by atoms with Crippen molar-refractivity contribution in [1.29, 1.82) is 0 Å². The van der Waals surface area contributed by atoms with E-state index in [-0.39, 0.29) is 24.0 Å². The lowest BCUT2D eigenvalue weighted by Gasteiger charge is -2.13. The summed E-state index contributed by atoms with van der Waals surface area (Å²) in [7, 11) is -3.19. The minimum absolute atomic E-state index is 0. The zero-order valence-corrected chi connectivity index (χ0v) is 19.3. The average molecular weight is 527 g/mol. The van der Waals surface area contributed by atoms with Gasteiger partial charge >= 0.3 is 0 Å². The topological polar surface area (TPSA) is 113 Å². The number of hydrogen-bond acceptors (Lipinski definition) is 6. The third-order valence-electron chi connectivity index (χ3n) is 3.41. The van der Waals surface area contributed by atoms with Crippen LogP contribution in [0.2, 0.25) is 0 Å². The Labute approximate surface area is 181 Å². The van der Waals surface area contributed by atoms with Crippen LogP contribution in [0.25, 0.3) is 0 Å². The van der Waals surface area contributed by atoms with Gasteiger partial charge in [0.05, 0.1) is 12.8 Å². The molecule has 2 aromatic rings. The van der Waals surface area contributed by atoms with E-state index in [9.17, 15) is 8.42 Å². The number of rotatable bonds is 10. The maximum absolute atomic E-state index is 11.1. The molecule has 0 amide bonds. The zero-order valence-electron chi connectivity index (χ0n) is 15.4. The van der Waals surface area contributed by atoms with Gasteiger partial charge in [-0.2, -0.15) is 0 Å². The fourth-order valence-electron chi connectivity index (χ4n) is 2.19. The van der Waals surface area contributed by atoms with E-state index >= 15 is 0 Å². The monoisotopic (exact) mass is 527 g/mol. The molecule has 0 radical (unpaired) electrons. The Morgan fingerprint density at radius 2 is 2.07 bits per heavy atom. The van der Waals surface area contributed by atoms with Crippen LogP contribution in [0.3, 0.4) is 0 Å². The van der Waals surface area contributed by atoms with Crippen molar-refractivity contribution >= 4 is 51.3 Å². The molecule has 152 valence electrons. The van der Waals surface area contributed by atoms with Crippen LogP contribution in [0.5, 0.6) is 0 Å². The lowest BCUT2D eigenvalue weighted by atomic mass is 10.4. The molecule has 0 atom stereocenters. The summed E-state index contributed by atoms with van der Waals surface area (Å²) in [5, 5.41) is 16.4. The highest BCUT2D eigenvalue weighted by Crippen LogP contribution is 2.09. The third-order valence-corrected chi connectivity index (χ3v) is 5.00. The van der Waals surface area contributed by atoms with Crippen LogP contribution in [-0.2, 0) is 29.5 Å². The fraction of sp³-hybridized carbons (Fsp3) is 0.533. The summed E-state index contributed by atoms with van der Waals surface area (Å²) in [6, 6.07) is 4.02. The molecule has 12 heteroatoms. The van der Waals surface area contributed by atoms with E-state index in [0.29, 0.717) is 32.1 Å². The van der Waals surface area contributed by atoms with Crippen molar-refractivity contribution in [3.63, 3.8) is 0 Å². The first-order valence-corrected chi connectivity index (χ1v) is 11.1. The quantitative estimate of drug-likeness (QED) is 0.183. The molecule has 2 heterocycles. The Kier molecular flexibility index (Phi) is 10.8. The molecule has 0 bridgehead atoms. The first-order valence-electron chi connectivity index (χ1n) is 8.34. The van der Waals surface area contributed by atoms with Crippen LogP contribution < -0.4 is 15.4 Å². The maximum Gasteiger partial charge on any atom is 0.208 e. The summed E-state index contributed by atoms with van der Waals surface area (Å²) in [5.74, 6) is 1.58. The largest absolute Gasteiger partial charge is 0.355 e. The normalized spacial score (nSPS) is 11.9. The van der Waals surface area contributed by atoms with Gasteiger partial charge in [0.2, 0.25) is 10.0 Å². The Morgan fingerprint density at radius 1 is 1.30 bits per heavy atom. The van der Waals surface area contributed by atoms with Crippen molar-refractivity contribution in [1.82, 2.24) is 30.1 Å². The third kappa shape index (κ3) is 9.48. The minimum Gasteiger partial charge on any atom is -0.355 e. The van der Waals surface area contributed by atoms with Gasteiger partial charge in [0.15, 0.2) is 5.96 Å². The van der Waals surface area contributed by atoms with Crippen LogP contribution >= 0.6 is 35.3 Å². The van der Waals surface area contributed by atoms with Crippen molar-refractivity contribution in [3.8, 4) is 0 Å². The highest BCUT2D eigenvalue weighted by molar-refractivity contribution is 14.0. The van der Waals surface area contributed by atoms with Gasteiger partial charge in [0.25, 0.3) is 0 Å². The lowest BCUT2D eigenvalue weighted by Crippen LogP contribution is -2.42. The number of hydrogen-bond donors (Lipinski definition) is 3. The molecular formula is C15H26IN7O2S2. The van der Waals surface area contributed by atoms with Gasteiger partial charge < -0.3 is 15.2 Å². The van der Waals surface area contributed by atoms with Gasteiger partial charge in [0.1, 0.15) is 12.2 Å². The summed E-state index contributed by atoms with van der Waals surface area (Å²) in [6.45, 7) is 4.72. The van der Waals surface area contributed by atoms with Crippen molar-refractivity contribution in [3.05, 3.63) is 34.5 Å². The van der Waals surface area contributed by atoms with Crippen LogP contribution in [0.15, 0.2) is 28.8 Å². The first-order chi connectivity index (χ1) is 12.5. The first kappa shape index (κ1) is 23.8. The number of guanidine groups is 1. The highest BCUT2D eigenvalue weighted by Gasteiger charge is 2.04. The van der Waals surface area contributed by atoms with Crippen molar-refractivity contribution in [2.24, 2.45) is 4.99 Å². The second-order valence-electron chi connectivity index (χ2n) is 5.56. The number of halogens is 1. The van der Waals surface area contributed by atoms with Gasteiger partial charge in [-0.05, 0) is 11.4 Å². The summed E-state index contributed by atoms with van der Waals surface area (Å²) < 4.78 is 26.7. The maximum atomic E-state index is 11.1. The molecule has 0 aliphatic rings. The molecule has 0 saturated carbocycles. The molecule has 0 aromatic carbocycles. The smallest absolute Gasteiger partial charge is 0.208 e. The van der Waals surface area contributed by atoms with Crippen LogP contribution in [-0.4, -0.2) is 55.0 Å². The predicted octanol–water partition coefficient (Wildman–Crippen LogP) is 0.805. The van der Waals surface area contributed by atoms with Gasteiger partial charge in [0, 0.05) is 37.5 Å². The van der Waals surface area contributed by atoms with Crippen molar-refractivity contribution < 1.29 is 8.42 Å². The summed E-state index contributed by atoms with van der Waals surface area (Å²) in [5.41, 5.74) is 0. The number of aromatic nitrogens is 3. The van der Waals surface area contributed by atoms with Crippen LogP contribution in [0.4, 0.5) is 0 Å². The van der Waals surface area contributed by atoms with E-state index in [1.54, 1.807) is 17.7 Å². The molecule has 0 fully saturated rings. The number of thiophene rings is 1. The van der Waals surface area contributed by atoms with E-state index in [0.717, 1.165) is 29.9 Å². The van der Waals surface area contributed by atoms with Crippen LogP contribution in [0, 0.1) is 0 Å². The van der Waals surface area contributed by atoms with E-state index in [1.165, 1.54) is 0 Å². The number of nitrogens with one attached hydrogen (secondary N) is 3. The molecule has 0 aliphatic carbocycles. The second-order valence-corrected chi connectivity index (χ2v) is 8.42. The van der Waals surface area contributed by atoms with Gasteiger partial charge in [-0.1, -0.05) is 13.0 Å². The zero-order chi connectivity index (χ0) is 18.8. The SMILES string of the molecule is CCc1nncn1CCNC(=NCc1cccs1)NCCNS(C)(=O)=O.I. The number of aliphatic imine (C=N–C) groups is 1. The molecule has 27 heavy (non-hydrogen) atoms. The molecule has 2 aromatic heterocycles. The number of nitrogens with zero attached hydrogens (tertiary/aromatic N) is 4. The van der Waals surface area contributed by atoms with Crippen molar-refractivity contribution in [2.45, 2.75) is 26.4 Å². The highest BCUT2D eigenvalue weighted by atomic mass is 127. The lowest BCUT2D eigenvalue weighted by molar-refractivity contribution is 0.586. The van der Waals surface area contributed by atoms with E-state index in [2.05, 4.69) is 30.5 Å². The average Bonchev–Trinajstić information content (AvgIpc) is 3.26. The minimum atomic E-state index is -3.19. The summed E-state index contributed by atoms with van der Waals surface area (Å²) in [6.07, 6.45) is 3.68.